The second-order valence-corrected chi connectivity index (χ2v) is 6.14. The van der Waals surface area contributed by atoms with Crippen LogP contribution in [0.15, 0.2) is 40.9 Å². The summed E-state index contributed by atoms with van der Waals surface area (Å²) in [7, 11) is 1.53. The van der Waals surface area contributed by atoms with Crippen molar-refractivity contribution in [1.82, 2.24) is 0 Å². The number of hydrogen-bond donors (Lipinski definition) is 0. The third kappa shape index (κ3) is 3.37. The summed E-state index contributed by atoms with van der Waals surface area (Å²) in [6.07, 6.45) is 0. The van der Waals surface area contributed by atoms with E-state index in [9.17, 15) is 4.39 Å². The third-order valence-corrected chi connectivity index (χ3v) is 4.32. The van der Waals surface area contributed by atoms with Crippen molar-refractivity contribution in [1.29, 1.82) is 0 Å². The average Bonchev–Trinajstić information content (AvgIpc) is 2.36. The highest BCUT2D eigenvalue weighted by molar-refractivity contribution is 9.10. The van der Waals surface area contributed by atoms with E-state index in [0.717, 1.165) is 15.6 Å². The van der Waals surface area contributed by atoms with Crippen LogP contribution in [0.3, 0.4) is 0 Å². The van der Waals surface area contributed by atoms with E-state index >= 15 is 0 Å². The van der Waals surface area contributed by atoms with Crippen LogP contribution in [0, 0.1) is 12.7 Å². The van der Waals surface area contributed by atoms with E-state index in [4.69, 9.17) is 4.74 Å². The van der Waals surface area contributed by atoms with Crippen LogP contribution < -0.4 is 4.74 Å². The van der Waals surface area contributed by atoms with Gasteiger partial charge in [0.05, 0.1) is 11.9 Å². The zero-order valence-electron chi connectivity index (χ0n) is 10.6. The quantitative estimate of drug-likeness (QED) is 0.641. The van der Waals surface area contributed by atoms with Crippen LogP contribution >= 0.6 is 31.9 Å². The van der Waals surface area contributed by atoms with Crippen molar-refractivity contribution in [2.45, 2.75) is 11.8 Å². The Labute approximate surface area is 129 Å². The summed E-state index contributed by atoms with van der Waals surface area (Å²) >= 11 is 7.02. The number of ether oxygens (including phenoxy) is 1. The van der Waals surface area contributed by atoms with E-state index in [-0.39, 0.29) is 10.6 Å². The predicted molar refractivity (Wildman–Crippen MR) is 82.6 cm³/mol. The molecular formula is C15H13Br2FO. The standard InChI is InChI=1S/C15H13Br2FO/c1-9-5-10(7-11(16)6-9)15(17)13-4-3-12(19-2)8-14(13)18/h3-8,15H,1-2H3. The smallest absolute Gasteiger partial charge is 0.131 e. The Morgan fingerprint density at radius 2 is 1.89 bits per heavy atom. The van der Waals surface area contributed by atoms with Crippen molar-refractivity contribution >= 4 is 31.9 Å². The van der Waals surface area contributed by atoms with Gasteiger partial charge in [-0.15, -0.1) is 0 Å². The topological polar surface area (TPSA) is 9.23 Å². The van der Waals surface area contributed by atoms with Gasteiger partial charge in [-0.3, -0.25) is 0 Å². The first-order valence-electron chi connectivity index (χ1n) is 5.76. The van der Waals surface area contributed by atoms with E-state index in [2.05, 4.69) is 31.9 Å². The lowest BCUT2D eigenvalue weighted by molar-refractivity contribution is 0.411. The molecule has 19 heavy (non-hydrogen) atoms. The molecule has 0 heterocycles. The fourth-order valence-corrected chi connectivity index (χ4v) is 3.19. The lowest BCUT2D eigenvalue weighted by Crippen LogP contribution is -1.98. The molecule has 0 radical (unpaired) electrons. The van der Waals surface area contributed by atoms with Crippen molar-refractivity contribution in [3.8, 4) is 5.75 Å². The molecule has 2 aromatic rings. The lowest BCUT2D eigenvalue weighted by Gasteiger charge is -2.14. The van der Waals surface area contributed by atoms with Gasteiger partial charge in [0.15, 0.2) is 0 Å². The maximum Gasteiger partial charge on any atom is 0.131 e. The van der Waals surface area contributed by atoms with Crippen LogP contribution in [0.25, 0.3) is 0 Å². The van der Waals surface area contributed by atoms with E-state index in [0.29, 0.717) is 11.3 Å². The van der Waals surface area contributed by atoms with E-state index in [1.54, 1.807) is 12.1 Å². The number of halogens is 3. The molecule has 4 heteroatoms. The van der Waals surface area contributed by atoms with Gasteiger partial charge >= 0.3 is 0 Å². The molecule has 0 aliphatic carbocycles. The highest BCUT2D eigenvalue weighted by atomic mass is 79.9. The second-order valence-electron chi connectivity index (χ2n) is 4.31. The van der Waals surface area contributed by atoms with Crippen LogP contribution in [-0.2, 0) is 0 Å². The summed E-state index contributed by atoms with van der Waals surface area (Å²) in [6, 6.07) is 10.9. The van der Waals surface area contributed by atoms with Gasteiger partial charge in [-0.05, 0) is 36.2 Å². The Balaban J connectivity index is 2.40. The number of benzene rings is 2. The lowest BCUT2D eigenvalue weighted by atomic mass is 10.0. The first-order chi connectivity index (χ1) is 9.01. The molecule has 100 valence electrons. The maximum atomic E-state index is 14.1. The zero-order valence-corrected chi connectivity index (χ0v) is 13.8. The summed E-state index contributed by atoms with van der Waals surface area (Å²) in [5, 5.41) is 0. The molecule has 0 fully saturated rings. The minimum absolute atomic E-state index is 0.186. The van der Waals surface area contributed by atoms with E-state index in [1.165, 1.54) is 13.2 Å². The average molecular weight is 388 g/mol. The van der Waals surface area contributed by atoms with Gasteiger partial charge < -0.3 is 4.74 Å². The van der Waals surface area contributed by atoms with Gasteiger partial charge in [0.2, 0.25) is 0 Å². The highest BCUT2D eigenvalue weighted by Gasteiger charge is 2.16. The normalized spacial score (nSPS) is 12.3. The monoisotopic (exact) mass is 386 g/mol. The number of methoxy groups -OCH3 is 1. The molecule has 2 aromatic carbocycles. The molecule has 0 saturated heterocycles. The molecule has 1 atom stereocenters. The SMILES string of the molecule is COc1ccc(C(Br)c2cc(C)cc(Br)c2)c(F)c1. The van der Waals surface area contributed by atoms with Gasteiger partial charge in [0.1, 0.15) is 11.6 Å². The second kappa shape index (κ2) is 6.06. The van der Waals surface area contributed by atoms with Gasteiger partial charge in [-0.25, -0.2) is 4.39 Å². The van der Waals surface area contributed by atoms with Gasteiger partial charge in [0.25, 0.3) is 0 Å². The predicted octanol–water partition coefficient (Wildman–Crippen LogP) is 5.39. The first kappa shape index (κ1) is 14.5. The third-order valence-electron chi connectivity index (χ3n) is 2.84. The summed E-state index contributed by atoms with van der Waals surface area (Å²) in [6.45, 7) is 2.01. The van der Waals surface area contributed by atoms with Gasteiger partial charge in [-0.2, -0.15) is 0 Å². The van der Waals surface area contributed by atoms with Crippen LogP contribution in [0.2, 0.25) is 0 Å². The Hall–Kier alpha value is -0.870. The van der Waals surface area contributed by atoms with E-state index < -0.39 is 0 Å². The Kier molecular flexibility index (Phi) is 4.63. The molecule has 0 bridgehead atoms. The Morgan fingerprint density at radius 1 is 1.16 bits per heavy atom. The molecule has 1 nitrogen and oxygen atoms in total. The van der Waals surface area contributed by atoms with Crippen LogP contribution in [0.1, 0.15) is 21.5 Å². The molecule has 1 unspecified atom stereocenters. The molecule has 0 spiro atoms. The summed E-state index contributed by atoms with van der Waals surface area (Å²) in [5.41, 5.74) is 2.73. The zero-order chi connectivity index (χ0) is 14.0. The minimum Gasteiger partial charge on any atom is -0.497 e. The highest BCUT2D eigenvalue weighted by Crippen LogP contribution is 2.35. The molecular weight excluding hydrogens is 375 g/mol. The van der Waals surface area contributed by atoms with Gasteiger partial charge in [-0.1, -0.05) is 44.0 Å². The number of hydrogen-bond acceptors (Lipinski definition) is 1. The van der Waals surface area contributed by atoms with Crippen molar-refractivity contribution in [2.75, 3.05) is 7.11 Å². The molecule has 0 aliphatic heterocycles. The van der Waals surface area contributed by atoms with Crippen LogP contribution in [0.4, 0.5) is 4.39 Å². The summed E-state index contributed by atoms with van der Waals surface area (Å²) < 4.78 is 20.1. The fraction of sp³-hybridized carbons (Fsp3) is 0.200. The fourth-order valence-electron chi connectivity index (χ4n) is 1.93. The van der Waals surface area contributed by atoms with Crippen molar-refractivity contribution in [3.63, 3.8) is 0 Å². The van der Waals surface area contributed by atoms with Crippen LogP contribution in [-0.4, -0.2) is 7.11 Å². The first-order valence-corrected chi connectivity index (χ1v) is 7.46. The summed E-state index contributed by atoms with van der Waals surface area (Å²) in [4.78, 5) is -0.186. The largest absolute Gasteiger partial charge is 0.497 e. The number of rotatable bonds is 3. The van der Waals surface area contributed by atoms with Gasteiger partial charge in [0, 0.05) is 16.1 Å². The Bertz CT molecular complexity index is 578. The number of aryl methyl sites for hydroxylation is 1. The maximum absolute atomic E-state index is 14.1. The minimum atomic E-state index is -0.279. The van der Waals surface area contributed by atoms with Crippen molar-refractivity contribution in [3.05, 3.63) is 63.4 Å². The summed E-state index contributed by atoms with van der Waals surface area (Å²) in [5.74, 6) is 0.241. The van der Waals surface area contributed by atoms with Crippen molar-refractivity contribution in [2.24, 2.45) is 0 Å². The van der Waals surface area contributed by atoms with E-state index in [1.807, 2.05) is 25.1 Å². The molecule has 0 amide bonds. The molecule has 0 N–H and O–H groups in total. The van der Waals surface area contributed by atoms with Crippen LogP contribution in [0.5, 0.6) is 5.75 Å². The molecule has 0 aliphatic rings. The molecule has 2 rings (SSSR count). The Morgan fingerprint density at radius 3 is 2.47 bits per heavy atom. The molecule has 0 saturated carbocycles. The number of alkyl halides is 1. The van der Waals surface area contributed by atoms with Crippen molar-refractivity contribution < 1.29 is 9.13 Å². The molecule has 0 aromatic heterocycles.